The van der Waals surface area contributed by atoms with E-state index in [2.05, 4.69) is 32.6 Å². The monoisotopic (exact) mass is 441 g/mol. The summed E-state index contributed by atoms with van der Waals surface area (Å²) in [5, 5.41) is 22.4. The number of aromatic nitrogens is 3. The molecule has 1 amide bonds. The van der Waals surface area contributed by atoms with Crippen LogP contribution in [0.2, 0.25) is 0 Å². The topological polar surface area (TPSA) is 105 Å². The van der Waals surface area contributed by atoms with Crippen molar-refractivity contribution in [2.75, 3.05) is 0 Å². The van der Waals surface area contributed by atoms with Crippen molar-refractivity contribution in [1.29, 1.82) is 5.26 Å². The molecule has 1 aromatic carbocycles. The number of benzene rings is 1. The number of halogens is 1. The number of hydrogen-bond acceptors (Lipinski definition) is 8. The average molecular weight is 442 g/mol. The van der Waals surface area contributed by atoms with E-state index in [0.717, 1.165) is 6.42 Å². The van der Waals surface area contributed by atoms with E-state index < -0.39 is 5.54 Å². The maximum atomic E-state index is 15.0. The lowest BCUT2D eigenvalue weighted by Gasteiger charge is -2.09. The predicted octanol–water partition coefficient (Wildman–Crippen LogP) is 3.82. The normalized spacial score (nSPS) is 19.1. The zero-order valence-corrected chi connectivity index (χ0v) is 17.4. The van der Waals surface area contributed by atoms with Crippen LogP contribution in [0.15, 0.2) is 28.0 Å². The van der Waals surface area contributed by atoms with Gasteiger partial charge in [0.1, 0.15) is 22.8 Å². The lowest BCUT2D eigenvalue weighted by Crippen LogP contribution is -2.36. The van der Waals surface area contributed by atoms with Crippen LogP contribution in [0.4, 0.5) is 4.39 Å². The van der Waals surface area contributed by atoms with Crippen molar-refractivity contribution < 1.29 is 13.6 Å². The standard InChI is InChI=1S/C20H16FN5O2S2/c21-18-11(13-2-1-7-29-13)3-4-12-19(18)30-17(23-12)9-16-26-25-15(28-16)8-14(27)24-20(10-22)5-6-20/h1,3-4,7,13H,2,5-6,8-9H2,(H,24,27). The molecule has 3 aromatic rings. The summed E-state index contributed by atoms with van der Waals surface area (Å²) in [6, 6.07) is 5.76. The summed E-state index contributed by atoms with van der Waals surface area (Å²) in [6.07, 6.45) is 4.39. The first-order chi connectivity index (χ1) is 14.5. The number of nitriles is 1. The zero-order valence-electron chi connectivity index (χ0n) is 15.7. The maximum absolute atomic E-state index is 15.0. The fourth-order valence-corrected chi connectivity index (χ4v) is 5.29. The molecule has 1 unspecified atom stereocenters. The van der Waals surface area contributed by atoms with Gasteiger partial charge in [0, 0.05) is 10.8 Å². The molecule has 1 saturated carbocycles. The Kier molecular flexibility index (Phi) is 4.79. The summed E-state index contributed by atoms with van der Waals surface area (Å²) >= 11 is 2.90. The van der Waals surface area contributed by atoms with Crippen LogP contribution < -0.4 is 5.32 Å². The van der Waals surface area contributed by atoms with Crippen LogP contribution in [0.1, 0.15) is 46.9 Å². The van der Waals surface area contributed by atoms with Crippen LogP contribution in [0.3, 0.4) is 0 Å². The zero-order chi connectivity index (χ0) is 20.7. The summed E-state index contributed by atoms with van der Waals surface area (Å²) in [5.74, 6) is -0.0454. The highest BCUT2D eigenvalue weighted by Crippen LogP contribution is 2.41. The van der Waals surface area contributed by atoms with Crippen LogP contribution in [-0.2, 0) is 17.6 Å². The molecule has 1 aliphatic carbocycles. The van der Waals surface area contributed by atoms with Gasteiger partial charge in [0.05, 0.1) is 22.7 Å². The number of amides is 1. The van der Waals surface area contributed by atoms with Crippen molar-refractivity contribution >= 4 is 39.2 Å². The van der Waals surface area contributed by atoms with E-state index in [4.69, 9.17) is 9.68 Å². The van der Waals surface area contributed by atoms with Gasteiger partial charge in [0.2, 0.25) is 17.7 Å². The van der Waals surface area contributed by atoms with E-state index >= 15 is 4.39 Å². The fraction of sp³-hybridized carbons (Fsp3) is 0.350. The fourth-order valence-electron chi connectivity index (χ4n) is 3.33. The minimum Gasteiger partial charge on any atom is -0.424 e. The summed E-state index contributed by atoms with van der Waals surface area (Å²) in [6.45, 7) is 0. The lowest BCUT2D eigenvalue weighted by atomic mass is 10.1. The number of allylic oxidation sites excluding steroid dienone is 1. The number of thiazole rings is 1. The number of nitrogens with zero attached hydrogens (tertiary/aromatic N) is 4. The van der Waals surface area contributed by atoms with Gasteiger partial charge in [-0.15, -0.1) is 33.3 Å². The summed E-state index contributed by atoms with van der Waals surface area (Å²) < 4.78 is 21.1. The third-order valence-electron chi connectivity index (χ3n) is 5.07. The molecule has 1 atom stereocenters. The largest absolute Gasteiger partial charge is 0.424 e. The molecule has 5 rings (SSSR count). The second kappa shape index (κ2) is 7.49. The van der Waals surface area contributed by atoms with Gasteiger partial charge in [-0.05, 0) is 30.7 Å². The Morgan fingerprint density at radius 1 is 1.37 bits per heavy atom. The van der Waals surface area contributed by atoms with E-state index in [0.29, 0.717) is 39.5 Å². The number of fused-ring (bicyclic) bond motifs is 1. The summed E-state index contributed by atoms with van der Waals surface area (Å²) in [5.41, 5.74) is 0.582. The van der Waals surface area contributed by atoms with Crippen molar-refractivity contribution in [2.45, 2.75) is 42.9 Å². The molecule has 0 spiro atoms. The predicted molar refractivity (Wildman–Crippen MR) is 110 cm³/mol. The smallest absolute Gasteiger partial charge is 0.230 e. The number of carbonyl (C=O) groups excluding carboxylic acids is 1. The van der Waals surface area contributed by atoms with Crippen LogP contribution in [0, 0.1) is 17.1 Å². The molecule has 152 valence electrons. The molecule has 0 saturated heterocycles. The van der Waals surface area contributed by atoms with Gasteiger partial charge in [-0.25, -0.2) is 9.37 Å². The second-order valence-corrected chi connectivity index (χ2v) is 9.54. The molecule has 2 aliphatic rings. The van der Waals surface area contributed by atoms with Gasteiger partial charge in [-0.1, -0.05) is 12.1 Å². The molecule has 10 heteroatoms. The van der Waals surface area contributed by atoms with Crippen molar-refractivity contribution in [1.82, 2.24) is 20.5 Å². The highest BCUT2D eigenvalue weighted by molar-refractivity contribution is 8.02. The first kappa shape index (κ1) is 19.2. The average Bonchev–Trinajstić information content (AvgIpc) is 3.14. The van der Waals surface area contributed by atoms with E-state index in [9.17, 15) is 4.79 Å². The van der Waals surface area contributed by atoms with E-state index in [1.807, 2.05) is 17.5 Å². The van der Waals surface area contributed by atoms with E-state index in [1.54, 1.807) is 11.8 Å². The number of hydrogen-bond donors (Lipinski definition) is 1. The molecule has 1 N–H and O–H groups in total. The van der Waals surface area contributed by atoms with Gasteiger partial charge in [0.25, 0.3) is 0 Å². The van der Waals surface area contributed by atoms with Crippen LogP contribution >= 0.6 is 23.1 Å². The molecule has 1 aliphatic heterocycles. The summed E-state index contributed by atoms with van der Waals surface area (Å²) in [7, 11) is 0. The highest BCUT2D eigenvalue weighted by atomic mass is 32.2. The Balaban J connectivity index is 1.28. The molecule has 1 fully saturated rings. The number of thioether (sulfide) groups is 1. The Morgan fingerprint density at radius 2 is 2.20 bits per heavy atom. The number of nitrogens with one attached hydrogen (secondary N) is 1. The molecular formula is C20H16FN5O2S2. The highest BCUT2D eigenvalue weighted by Gasteiger charge is 2.44. The third kappa shape index (κ3) is 3.70. The first-order valence-corrected chi connectivity index (χ1v) is 11.2. The minimum absolute atomic E-state index is 0.0820. The summed E-state index contributed by atoms with van der Waals surface area (Å²) in [4.78, 5) is 16.5. The molecule has 3 heterocycles. The minimum atomic E-state index is -0.725. The van der Waals surface area contributed by atoms with Crippen molar-refractivity contribution in [3.05, 3.63) is 51.8 Å². The van der Waals surface area contributed by atoms with E-state index in [-0.39, 0.29) is 35.7 Å². The Hall–Kier alpha value is -2.77. The Bertz CT molecular complexity index is 1200. The van der Waals surface area contributed by atoms with Crippen LogP contribution in [0.5, 0.6) is 0 Å². The van der Waals surface area contributed by atoms with Crippen LogP contribution in [-0.4, -0.2) is 26.6 Å². The van der Waals surface area contributed by atoms with Crippen molar-refractivity contribution in [3.8, 4) is 6.07 Å². The molecule has 0 bridgehead atoms. The lowest BCUT2D eigenvalue weighted by molar-refractivity contribution is -0.121. The van der Waals surface area contributed by atoms with Gasteiger partial charge in [-0.3, -0.25) is 4.79 Å². The molecular weight excluding hydrogens is 425 g/mol. The first-order valence-electron chi connectivity index (χ1n) is 9.47. The Morgan fingerprint density at radius 3 is 2.93 bits per heavy atom. The SMILES string of the molecule is N#CC1(NC(=O)Cc2nnc(Cc3nc4ccc(C5CC=CS5)c(F)c4s3)o2)CC1. The molecule has 7 nitrogen and oxygen atoms in total. The van der Waals surface area contributed by atoms with Crippen LogP contribution in [0.25, 0.3) is 10.2 Å². The Labute approximate surface area is 179 Å². The van der Waals surface area contributed by atoms with Gasteiger partial charge < -0.3 is 9.73 Å². The van der Waals surface area contributed by atoms with Crippen molar-refractivity contribution in [3.63, 3.8) is 0 Å². The maximum Gasteiger partial charge on any atom is 0.230 e. The second-order valence-electron chi connectivity index (χ2n) is 7.34. The molecule has 2 aromatic heterocycles. The molecule has 0 radical (unpaired) electrons. The van der Waals surface area contributed by atoms with E-state index in [1.165, 1.54) is 11.3 Å². The number of rotatable bonds is 6. The van der Waals surface area contributed by atoms with Gasteiger partial charge >= 0.3 is 0 Å². The van der Waals surface area contributed by atoms with Gasteiger partial charge in [0.15, 0.2) is 0 Å². The number of carbonyl (C=O) groups is 1. The van der Waals surface area contributed by atoms with Crippen molar-refractivity contribution in [2.24, 2.45) is 0 Å². The van der Waals surface area contributed by atoms with Gasteiger partial charge in [-0.2, -0.15) is 5.26 Å². The quantitative estimate of drug-likeness (QED) is 0.620. The third-order valence-corrected chi connectivity index (χ3v) is 7.26. The molecule has 30 heavy (non-hydrogen) atoms.